The average molecular weight is 351 g/mol. The largest absolute Gasteiger partial charge is 0.497 e. The standard InChI is InChI=1S/C17H23ClN4O2/c1-12-16(20-11-19-12)10-22(6-5-21(2)3)17(23)13-7-14(18)9-15(8-13)24-4/h7-9,11H,5-6,10H2,1-4H3,(H,19,20). The molecule has 2 rings (SSSR count). The lowest BCUT2D eigenvalue weighted by atomic mass is 10.1. The average Bonchev–Trinajstić information content (AvgIpc) is 2.94. The molecule has 1 amide bonds. The van der Waals surface area contributed by atoms with Gasteiger partial charge >= 0.3 is 0 Å². The number of aromatic nitrogens is 2. The van der Waals surface area contributed by atoms with Crippen LogP contribution in [0, 0.1) is 6.92 Å². The minimum atomic E-state index is -0.0972. The number of nitrogens with zero attached hydrogens (tertiary/aromatic N) is 3. The van der Waals surface area contributed by atoms with Crippen LogP contribution in [0.2, 0.25) is 5.02 Å². The molecule has 1 heterocycles. The van der Waals surface area contributed by atoms with Crippen molar-refractivity contribution in [1.82, 2.24) is 19.8 Å². The molecule has 0 aliphatic rings. The third-order valence-electron chi connectivity index (χ3n) is 3.73. The Morgan fingerprint density at radius 3 is 2.62 bits per heavy atom. The van der Waals surface area contributed by atoms with E-state index in [1.54, 1.807) is 36.5 Å². The van der Waals surface area contributed by atoms with Crippen LogP contribution < -0.4 is 4.74 Å². The fraction of sp³-hybridized carbons (Fsp3) is 0.412. The zero-order valence-electron chi connectivity index (χ0n) is 14.5. The number of carbonyl (C=O) groups is 1. The predicted octanol–water partition coefficient (Wildman–Crippen LogP) is 2.58. The molecular formula is C17H23ClN4O2. The zero-order valence-corrected chi connectivity index (χ0v) is 15.2. The molecule has 0 bridgehead atoms. The molecule has 0 aliphatic heterocycles. The maximum absolute atomic E-state index is 13.0. The number of imidazole rings is 1. The second-order valence-corrected chi connectivity index (χ2v) is 6.32. The lowest BCUT2D eigenvalue weighted by Gasteiger charge is -2.24. The molecule has 0 fully saturated rings. The highest BCUT2D eigenvalue weighted by atomic mass is 35.5. The fourth-order valence-electron chi connectivity index (χ4n) is 2.29. The van der Waals surface area contributed by atoms with Crippen molar-refractivity contribution in [3.8, 4) is 5.75 Å². The van der Waals surface area contributed by atoms with Gasteiger partial charge in [-0.15, -0.1) is 0 Å². The van der Waals surface area contributed by atoms with Crippen LogP contribution in [0.4, 0.5) is 0 Å². The number of hydrogen-bond acceptors (Lipinski definition) is 4. The maximum Gasteiger partial charge on any atom is 0.254 e. The first-order chi connectivity index (χ1) is 11.4. The summed E-state index contributed by atoms with van der Waals surface area (Å²) in [5, 5.41) is 0.473. The van der Waals surface area contributed by atoms with Crippen LogP contribution >= 0.6 is 11.6 Å². The molecule has 0 unspecified atom stereocenters. The molecule has 0 saturated carbocycles. The van der Waals surface area contributed by atoms with Crippen LogP contribution in [0.15, 0.2) is 24.5 Å². The molecule has 24 heavy (non-hydrogen) atoms. The Hall–Kier alpha value is -2.05. The number of hydrogen-bond donors (Lipinski definition) is 1. The van der Waals surface area contributed by atoms with Gasteiger partial charge < -0.3 is 19.5 Å². The lowest BCUT2D eigenvalue weighted by molar-refractivity contribution is 0.0729. The molecule has 0 aliphatic carbocycles. The molecule has 6 nitrogen and oxygen atoms in total. The van der Waals surface area contributed by atoms with Crippen LogP contribution in [0.3, 0.4) is 0 Å². The van der Waals surface area contributed by atoms with E-state index in [0.29, 0.717) is 29.4 Å². The highest BCUT2D eigenvalue weighted by Gasteiger charge is 2.19. The highest BCUT2D eigenvalue weighted by molar-refractivity contribution is 6.31. The first-order valence-corrected chi connectivity index (χ1v) is 8.06. The smallest absolute Gasteiger partial charge is 0.254 e. The molecule has 0 radical (unpaired) electrons. The van der Waals surface area contributed by atoms with Crippen molar-refractivity contribution < 1.29 is 9.53 Å². The molecule has 1 N–H and O–H groups in total. The van der Waals surface area contributed by atoms with Gasteiger partial charge in [-0.1, -0.05) is 11.6 Å². The van der Waals surface area contributed by atoms with E-state index >= 15 is 0 Å². The minimum absolute atomic E-state index is 0.0972. The molecule has 1 aromatic carbocycles. The van der Waals surface area contributed by atoms with E-state index in [0.717, 1.165) is 17.9 Å². The van der Waals surface area contributed by atoms with Gasteiger partial charge in [0.05, 0.1) is 25.7 Å². The monoisotopic (exact) mass is 350 g/mol. The molecule has 0 spiro atoms. The number of amides is 1. The van der Waals surface area contributed by atoms with E-state index < -0.39 is 0 Å². The Morgan fingerprint density at radius 2 is 2.04 bits per heavy atom. The summed E-state index contributed by atoms with van der Waals surface area (Å²) in [4.78, 5) is 24.1. The van der Waals surface area contributed by atoms with Crippen molar-refractivity contribution >= 4 is 17.5 Å². The maximum atomic E-state index is 13.0. The summed E-state index contributed by atoms with van der Waals surface area (Å²) in [7, 11) is 5.51. The number of halogens is 1. The Morgan fingerprint density at radius 1 is 1.29 bits per heavy atom. The first-order valence-electron chi connectivity index (χ1n) is 7.68. The van der Waals surface area contributed by atoms with Gasteiger partial charge in [-0.2, -0.15) is 0 Å². The molecular weight excluding hydrogens is 328 g/mol. The van der Waals surface area contributed by atoms with Crippen LogP contribution in [-0.2, 0) is 6.54 Å². The summed E-state index contributed by atoms with van der Waals surface area (Å²) in [5.74, 6) is 0.467. The van der Waals surface area contributed by atoms with Gasteiger partial charge in [0.2, 0.25) is 0 Å². The third-order valence-corrected chi connectivity index (χ3v) is 3.95. The van der Waals surface area contributed by atoms with E-state index in [1.165, 1.54) is 0 Å². The number of benzene rings is 1. The van der Waals surface area contributed by atoms with Crippen LogP contribution in [0.25, 0.3) is 0 Å². The molecule has 130 valence electrons. The number of aromatic amines is 1. The van der Waals surface area contributed by atoms with Crippen LogP contribution in [0.5, 0.6) is 5.75 Å². The Kier molecular flexibility index (Phi) is 6.23. The molecule has 2 aromatic rings. The quantitative estimate of drug-likeness (QED) is 0.833. The normalized spacial score (nSPS) is 10.9. The van der Waals surface area contributed by atoms with Gasteiger partial charge in [0, 0.05) is 29.4 Å². The summed E-state index contributed by atoms with van der Waals surface area (Å²) in [6.07, 6.45) is 1.64. The summed E-state index contributed by atoms with van der Waals surface area (Å²) in [5.41, 5.74) is 2.32. The third kappa shape index (κ3) is 4.72. The topological polar surface area (TPSA) is 61.5 Å². The number of likely N-dealkylation sites (N-methyl/N-ethyl adjacent to an activating group) is 1. The molecule has 1 aromatic heterocycles. The second kappa shape index (κ2) is 8.17. The van der Waals surface area contributed by atoms with Crippen LogP contribution in [0.1, 0.15) is 21.7 Å². The van der Waals surface area contributed by atoms with Crippen molar-refractivity contribution in [3.05, 3.63) is 46.5 Å². The summed E-state index contributed by atoms with van der Waals surface area (Å²) < 4.78 is 5.21. The fourth-order valence-corrected chi connectivity index (χ4v) is 2.51. The van der Waals surface area contributed by atoms with E-state index in [2.05, 4.69) is 9.97 Å². The van der Waals surface area contributed by atoms with Crippen molar-refractivity contribution in [2.24, 2.45) is 0 Å². The van der Waals surface area contributed by atoms with E-state index in [1.807, 2.05) is 25.9 Å². The van der Waals surface area contributed by atoms with Gasteiger partial charge in [0.25, 0.3) is 5.91 Å². The number of nitrogens with one attached hydrogen (secondary N) is 1. The van der Waals surface area contributed by atoms with Gasteiger partial charge in [0.15, 0.2) is 0 Å². The van der Waals surface area contributed by atoms with Crippen molar-refractivity contribution in [2.45, 2.75) is 13.5 Å². The second-order valence-electron chi connectivity index (χ2n) is 5.88. The minimum Gasteiger partial charge on any atom is -0.497 e. The number of ether oxygens (including phenoxy) is 1. The Balaban J connectivity index is 2.26. The predicted molar refractivity (Wildman–Crippen MR) is 94.6 cm³/mol. The van der Waals surface area contributed by atoms with Crippen LogP contribution in [-0.4, -0.2) is 60.0 Å². The van der Waals surface area contributed by atoms with E-state index in [9.17, 15) is 4.79 Å². The Bertz CT molecular complexity index is 700. The number of aryl methyl sites for hydroxylation is 1. The lowest BCUT2D eigenvalue weighted by Crippen LogP contribution is -2.36. The number of carbonyl (C=O) groups excluding carboxylic acids is 1. The first kappa shape index (κ1) is 18.3. The number of methoxy groups -OCH3 is 1. The number of H-pyrrole nitrogens is 1. The highest BCUT2D eigenvalue weighted by Crippen LogP contribution is 2.22. The van der Waals surface area contributed by atoms with Crippen molar-refractivity contribution in [3.63, 3.8) is 0 Å². The SMILES string of the molecule is COc1cc(Cl)cc(C(=O)N(CCN(C)C)Cc2nc[nH]c2C)c1. The van der Waals surface area contributed by atoms with Crippen molar-refractivity contribution in [2.75, 3.05) is 34.3 Å². The number of rotatable bonds is 7. The summed E-state index contributed by atoms with van der Waals surface area (Å²) in [6.45, 7) is 3.73. The Labute approximate surface area is 147 Å². The van der Waals surface area contributed by atoms with Crippen molar-refractivity contribution in [1.29, 1.82) is 0 Å². The van der Waals surface area contributed by atoms with Gasteiger partial charge in [0.1, 0.15) is 5.75 Å². The van der Waals surface area contributed by atoms with Gasteiger partial charge in [-0.25, -0.2) is 4.98 Å². The van der Waals surface area contributed by atoms with Gasteiger partial charge in [-0.05, 0) is 39.2 Å². The molecule has 0 saturated heterocycles. The molecule has 7 heteroatoms. The summed E-state index contributed by atoms with van der Waals surface area (Å²) >= 11 is 6.10. The van der Waals surface area contributed by atoms with E-state index in [4.69, 9.17) is 16.3 Å². The zero-order chi connectivity index (χ0) is 17.7. The molecule has 0 atom stereocenters. The summed E-state index contributed by atoms with van der Waals surface area (Å²) in [6, 6.07) is 5.04. The van der Waals surface area contributed by atoms with Gasteiger partial charge in [-0.3, -0.25) is 4.79 Å². The van der Waals surface area contributed by atoms with E-state index in [-0.39, 0.29) is 5.91 Å².